The van der Waals surface area contributed by atoms with Gasteiger partial charge < -0.3 is 10.2 Å². The molecule has 1 amide bonds. The van der Waals surface area contributed by atoms with Crippen LogP contribution >= 0.6 is 0 Å². The Hall–Kier alpha value is -3.54. The van der Waals surface area contributed by atoms with Crippen molar-refractivity contribution in [2.45, 2.75) is 19.8 Å². The zero-order valence-corrected chi connectivity index (χ0v) is 17.3. The lowest BCUT2D eigenvalue weighted by molar-refractivity contribution is 0.0900. The van der Waals surface area contributed by atoms with E-state index in [1.54, 1.807) is 24.4 Å². The molecule has 2 heterocycles. The average Bonchev–Trinajstić information content (AvgIpc) is 2.81. The molecule has 0 spiro atoms. The summed E-state index contributed by atoms with van der Waals surface area (Å²) in [5, 5.41) is 2.87. The van der Waals surface area contributed by atoms with Crippen molar-refractivity contribution in [3.8, 4) is 0 Å². The number of amides is 1. The minimum atomic E-state index is -0.339. The maximum atomic E-state index is 13.1. The van der Waals surface area contributed by atoms with Gasteiger partial charge in [0, 0.05) is 36.5 Å². The third-order valence-electron chi connectivity index (χ3n) is 5.64. The van der Waals surface area contributed by atoms with E-state index >= 15 is 0 Å². The lowest BCUT2D eigenvalue weighted by Gasteiger charge is -2.32. The lowest BCUT2D eigenvalue weighted by atomic mass is 9.89. The van der Waals surface area contributed by atoms with Gasteiger partial charge in [-0.3, -0.25) is 9.59 Å². The number of hydrogen-bond acceptors (Lipinski definition) is 4. The van der Waals surface area contributed by atoms with Crippen LogP contribution in [0.25, 0.3) is 0 Å². The van der Waals surface area contributed by atoms with Crippen molar-refractivity contribution in [3.05, 3.63) is 89.4 Å². The summed E-state index contributed by atoms with van der Waals surface area (Å²) in [6.07, 6.45) is 3.01. The number of Topliss-reactive ketones (excluding diaryl/α,β-unsaturated/α-hetero) is 1. The van der Waals surface area contributed by atoms with E-state index < -0.39 is 0 Å². The number of piperidine rings is 1. The van der Waals surface area contributed by atoms with Crippen LogP contribution < -0.4 is 10.2 Å². The fraction of sp³-hybridized carbons (Fsp3) is 0.240. The van der Waals surface area contributed by atoms with E-state index in [2.05, 4.69) is 15.2 Å². The first-order valence-electron chi connectivity index (χ1n) is 10.4. The third-order valence-corrected chi connectivity index (χ3v) is 5.64. The summed E-state index contributed by atoms with van der Waals surface area (Å²) < 4.78 is 13.1. The van der Waals surface area contributed by atoms with Gasteiger partial charge in [-0.25, -0.2) is 9.37 Å². The third kappa shape index (κ3) is 4.97. The highest BCUT2D eigenvalue weighted by atomic mass is 19.1. The maximum absolute atomic E-state index is 13.1. The second-order valence-electron chi connectivity index (χ2n) is 7.86. The maximum Gasteiger partial charge on any atom is 0.257 e. The van der Waals surface area contributed by atoms with E-state index in [4.69, 9.17) is 0 Å². The second-order valence-corrected chi connectivity index (χ2v) is 7.86. The Balaban J connectivity index is 1.33. The highest BCUT2D eigenvalue weighted by molar-refractivity contribution is 6.04. The quantitative estimate of drug-likeness (QED) is 0.601. The molecule has 0 radical (unpaired) electrons. The minimum absolute atomic E-state index is 0.0655. The van der Waals surface area contributed by atoms with E-state index in [0.717, 1.165) is 17.1 Å². The highest BCUT2D eigenvalue weighted by Crippen LogP contribution is 2.25. The SMILES string of the molecule is Cc1ccc(NC(=O)c2ccc(N3CCC(C(=O)c4ccc(F)cc4)CC3)nc2)cc1. The van der Waals surface area contributed by atoms with Crippen molar-refractivity contribution < 1.29 is 14.0 Å². The minimum Gasteiger partial charge on any atom is -0.357 e. The number of halogens is 1. The summed E-state index contributed by atoms with van der Waals surface area (Å²) in [5.74, 6) is 0.247. The molecule has 1 aromatic heterocycles. The Bertz CT molecular complexity index is 1060. The number of anilines is 2. The lowest BCUT2D eigenvalue weighted by Crippen LogP contribution is -2.36. The number of hydrogen-bond donors (Lipinski definition) is 1. The van der Waals surface area contributed by atoms with Crippen LogP contribution in [0.15, 0.2) is 66.9 Å². The van der Waals surface area contributed by atoms with Gasteiger partial charge in [-0.05, 0) is 68.3 Å². The van der Waals surface area contributed by atoms with Crippen LogP contribution in [0.1, 0.15) is 39.1 Å². The van der Waals surface area contributed by atoms with Crippen LogP contribution in [0.2, 0.25) is 0 Å². The number of pyridine rings is 1. The van der Waals surface area contributed by atoms with E-state index in [-0.39, 0.29) is 23.4 Å². The van der Waals surface area contributed by atoms with Gasteiger partial charge in [-0.1, -0.05) is 17.7 Å². The predicted molar refractivity (Wildman–Crippen MR) is 119 cm³/mol. The van der Waals surface area contributed by atoms with Crippen molar-refractivity contribution in [2.75, 3.05) is 23.3 Å². The van der Waals surface area contributed by atoms with Crippen molar-refractivity contribution in [1.82, 2.24) is 4.98 Å². The Labute approximate surface area is 180 Å². The molecule has 4 rings (SSSR count). The molecule has 1 fully saturated rings. The normalized spacial score (nSPS) is 14.3. The van der Waals surface area contributed by atoms with E-state index in [1.165, 1.54) is 12.1 Å². The summed E-state index contributed by atoms with van der Waals surface area (Å²) >= 11 is 0. The molecule has 5 nitrogen and oxygen atoms in total. The average molecular weight is 417 g/mol. The molecule has 2 aromatic carbocycles. The standard InChI is InChI=1S/C25H24FN3O2/c1-17-2-9-22(10-3-17)28-25(31)20-6-11-23(27-16-20)29-14-12-19(13-15-29)24(30)18-4-7-21(26)8-5-18/h2-11,16,19H,12-15H2,1H3,(H,28,31). The molecule has 0 unspecified atom stereocenters. The van der Waals surface area contributed by atoms with Gasteiger partial charge in [0.05, 0.1) is 5.56 Å². The monoisotopic (exact) mass is 417 g/mol. The van der Waals surface area contributed by atoms with Crippen LogP contribution in [-0.2, 0) is 0 Å². The number of ketones is 1. The van der Waals surface area contributed by atoms with Crippen LogP contribution in [0.5, 0.6) is 0 Å². The first kappa shape index (κ1) is 20.7. The zero-order chi connectivity index (χ0) is 21.8. The Morgan fingerprint density at radius 3 is 2.19 bits per heavy atom. The van der Waals surface area contributed by atoms with Gasteiger partial charge in [-0.15, -0.1) is 0 Å². The Morgan fingerprint density at radius 1 is 0.935 bits per heavy atom. The topological polar surface area (TPSA) is 62.3 Å². The number of nitrogens with zero attached hydrogens (tertiary/aromatic N) is 2. The van der Waals surface area contributed by atoms with Gasteiger partial charge in [0.15, 0.2) is 5.78 Å². The highest BCUT2D eigenvalue weighted by Gasteiger charge is 2.26. The Morgan fingerprint density at radius 2 is 1.58 bits per heavy atom. The summed E-state index contributed by atoms with van der Waals surface area (Å²) in [5.41, 5.74) is 2.92. The van der Waals surface area contributed by atoms with Crippen molar-refractivity contribution in [1.29, 1.82) is 0 Å². The molecule has 0 saturated carbocycles. The fourth-order valence-electron chi connectivity index (χ4n) is 3.77. The van der Waals surface area contributed by atoms with Gasteiger partial charge in [0.1, 0.15) is 11.6 Å². The molecule has 0 atom stereocenters. The Kier molecular flexibility index (Phi) is 6.07. The van der Waals surface area contributed by atoms with Crippen LogP contribution in [0.4, 0.5) is 15.9 Å². The van der Waals surface area contributed by atoms with Crippen molar-refractivity contribution >= 4 is 23.2 Å². The number of carbonyl (C=O) groups excluding carboxylic acids is 2. The first-order chi connectivity index (χ1) is 15.0. The number of benzene rings is 2. The molecule has 1 aliphatic heterocycles. The van der Waals surface area contributed by atoms with Crippen molar-refractivity contribution in [3.63, 3.8) is 0 Å². The van der Waals surface area contributed by atoms with Crippen LogP contribution in [-0.4, -0.2) is 29.8 Å². The molecular weight excluding hydrogens is 393 g/mol. The van der Waals surface area contributed by atoms with E-state index in [9.17, 15) is 14.0 Å². The molecule has 1 saturated heterocycles. The van der Waals surface area contributed by atoms with Gasteiger partial charge in [0.2, 0.25) is 0 Å². The molecule has 158 valence electrons. The molecule has 1 N–H and O–H groups in total. The molecule has 31 heavy (non-hydrogen) atoms. The van der Waals surface area contributed by atoms with Gasteiger partial charge in [0.25, 0.3) is 5.91 Å². The molecule has 1 aliphatic rings. The smallest absolute Gasteiger partial charge is 0.257 e. The number of nitrogens with one attached hydrogen (secondary N) is 1. The van der Waals surface area contributed by atoms with E-state index in [0.29, 0.717) is 37.1 Å². The van der Waals surface area contributed by atoms with Crippen molar-refractivity contribution in [2.24, 2.45) is 5.92 Å². The summed E-state index contributed by atoms with van der Waals surface area (Å²) in [6.45, 7) is 3.41. The van der Waals surface area contributed by atoms with Crippen LogP contribution in [0.3, 0.4) is 0 Å². The molecule has 0 aliphatic carbocycles. The van der Waals surface area contributed by atoms with Gasteiger partial charge in [-0.2, -0.15) is 0 Å². The second kappa shape index (κ2) is 9.08. The molecule has 6 heteroatoms. The molecule has 0 bridgehead atoms. The zero-order valence-electron chi connectivity index (χ0n) is 17.3. The summed E-state index contributed by atoms with van der Waals surface area (Å²) in [6, 6.07) is 17.0. The number of rotatable bonds is 5. The largest absolute Gasteiger partial charge is 0.357 e. The summed E-state index contributed by atoms with van der Waals surface area (Å²) in [4.78, 5) is 31.7. The van der Waals surface area contributed by atoms with Gasteiger partial charge >= 0.3 is 0 Å². The first-order valence-corrected chi connectivity index (χ1v) is 10.4. The predicted octanol–water partition coefficient (Wildman–Crippen LogP) is 4.88. The summed E-state index contributed by atoms with van der Waals surface area (Å²) in [7, 11) is 0. The van der Waals surface area contributed by atoms with E-state index in [1.807, 2.05) is 37.3 Å². The fourth-order valence-corrected chi connectivity index (χ4v) is 3.77. The van der Waals surface area contributed by atoms with Crippen LogP contribution in [0, 0.1) is 18.7 Å². The number of aromatic nitrogens is 1. The molecular formula is C25H24FN3O2. The number of aryl methyl sites for hydroxylation is 1. The number of carbonyl (C=O) groups is 2. The molecule has 3 aromatic rings.